The third-order valence-corrected chi connectivity index (χ3v) is 4.98. The van der Waals surface area contributed by atoms with Crippen molar-refractivity contribution in [3.63, 3.8) is 0 Å². The largest absolute Gasteiger partial charge is 0.493 e. The molecule has 3 aromatic rings. The van der Waals surface area contributed by atoms with E-state index < -0.39 is 17.1 Å². The summed E-state index contributed by atoms with van der Waals surface area (Å²) in [5.74, 6) is 0.239. The Hall–Kier alpha value is -3.15. The number of methoxy groups -OCH3 is 1. The van der Waals surface area contributed by atoms with E-state index in [1.54, 1.807) is 26.2 Å². The molecule has 0 N–H and O–H groups in total. The first kappa shape index (κ1) is 19.2. The summed E-state index contributed by atoms with van der Waals surface area (Å²) in [5, 5.41) is -0.119. The second-order valence-corrected chi connectivity index (χ2v) is 7.15. The predicted molar refractivity (Wildman–Crippen MR) is 107 cm³/mol. The van der Waals surface area contributed by atoms with E-state index in [1.165, 1.54) is 0 Å². The molecule has 2 aromatic carbocycles. The van der Waals surface area contributed by atoms with E-state index in [1.807, 2.05) is 18.2 Å². The van der Waals surface area contributed by atoms with Crippen molar-refractivity contribution in [2.24, 2.45) is 5.92 Å². The number of hydrogen-bond acceptors (Lipinski definition) is 4. The summed E-state index contributed by atoms with van der Waals surface area (Å²) in [6.07, 6.45) is 5.63. The Kier molecular flexibility index (Phi) is 5.09. The van der Waals surface area contributed by atoms with E-state index in [2.05, 4.69) is 0 Å². The van der Waals surface area contributed by atoms with Gasteiger partial charge in [-0.25, -0.2) is 8.78 Å². The molecule has 1 aromatic heterocycles. The second-order valence-electron chi connectivity index (χ2n) is 7.15. The average molecular weight is 398 g/mol. The minimum atomic E-state index is -0.915. The van der Waals surface area contributed by atoms with Crippen LogP contribution < -0.4 is 14.9 Å². The lowest BCUT2D eigenvalue weighted by atomic mass is 10.1. The third kappa shape index (κ3) is 3.88. The van der Waals surface area contributed by atoms with Gasteiger partial charge >= 0.3 is 0 Å². The SMILES string of the molecule is COc1cccc(/C=C/c2oc3c(F)cc(F)cc3c(=O)c2C)c1OCC1CC1. The van der Waals surface area contributed by atoms with Crippen molar-refractivity contribution in [3.8, 4) is 11.5 Å². The van der Waals surface area contributed by atoms with Crippen LogP contribution in [-0.2, 0) is 0 Å². The van der Waals surface area contributed by atoms with Crippen molar-refractivity contribution >= 4 is 23.1 Å². The van der Waals surface area contributed by atoms with Gasteiger partial charge in [0.1, 0.15) is 11.6 Å². The van der Waals surface area contributed by atoms with Gasteiger partial charge in [-0.2, -0.15) is 0 Å². The molecule has 0 atom stereocenters. The van der Waals surface area contributed by atoms with Gasteiger partial charge in [-0.15, -0.1) is 0 Å². The standard InChI is InChI=1S/C23H20F2O4/c1-13-19(29-23-17(21(13)26)10-16(24)11-18(23)25)9-8-15-4-3-5-20(27-2)22(15)28-12-14-6-7-14/h3-5,8-11,14H,6-7,12H2,1-2H3/b9-8+. The third-order valence-electron chi connectivity index (χ3n) is 4.98. The molecule has 6 heteroatoms. The van der Waals surface area contributed by atoms with Gasteiger partial charge in [-0.1, -0.05) is 12.1 Å². The zero-order valence-electron chi connectivity index (χ0n) is 16.1. The maximum absolute atomic E-state index is 14.1. The molecule has 0 amide bonds. The molecule has 1 fully saturated rings. The molecular formula is C23H20F2O4. The highest BCUT2D eigenvalue weighted by Crippen LogP contribution is 2.36. The number of ether oxygens (including phenoxy) is 2. The molecule has 1 aliphatic carbocycles. The molecule has 1 heterocycles. The van der Waals surface area contributed by atoms with Crippen LogP contribution in [0.1, 0.15) is 29.7 Å². The van der Waals surface area contributed by atoms with Crippen LogP contribution in [0.2, 0.25) is 0 Å². The zero-order valence-corrected chi connectivity index (χ0v) is 16.1. The fourth-order valence-electron chi connectivity index (χ4n) is 3.12. The fraction of sp³-hybridized carbons (Fsp3) is 0.261. The molecule has 4 rings (SSSR count). The van der Waals surface area contributed by atoms with Crippen molar-refractivity contribution in [3.05, 3.63) is 69.1 Å². The minimum Gasteiger partial charge on any atom is -0.493 e. The van der Waals surface area contributed by atoms with Crippen LogP contribution in [0.3, 0.4) is 0 Å². The van der Waals surface area contributed by atoms with Crippen LogP contribution in [0, 0.1) is 24.5 Å². The van der Waals surface area contributed by atoms with Gasteiger partial charge in [0.25, 0.3) is 0 Å². The molecule has 1 saturated carbocycles. The molecule has 0 unspecified atom stereocenters. The number of rotatable bonds is 6. The maximum Gasteiger partial charge on any atom is 0.196 e. The Bertz CT molecular complexity index is 1160. The van der Waals surface area contributed by atoms with Crippen molar-refractivity contribution in [1.82, 2.24) is 0 Å². The molecule has 1 aliphatic rings. The molecule has 0 spiro atoms. The van der Waals surface area contributed by atoms with Crippen molar-refractivity contribution in [2.45, 2.75) is 19.8 Å². The van der Waals surface area contributed by atoms with Crippen molar-refractivity contribution in [1.29, 1.82) is 0 Å². The Morgan fingerprint density at radius 3 is 2.72 bits per heavy atom. The van der Waals surface area contributed by atoms with Crippen molar-refractivity contribution in [2.75, 3.05) is 13.7 Å². The summed E-state index contributed by atoms with van der Waals surface area (Å²) in [4.78, 5) is 12.5. The quantitative estimate of drug-likeness (QED) is 0.562. The first-order chi connectivity index (χ1) is 14.0. The smallest absolute Gasteiger partial charge is 0.196 e. The Morgan fingerprint density at radius 1 is 1.21 bits per heavy atom. The van der Waals surface area contributed by atoms with Gasteiger partial charge in [-0.05, 0) is 50.0 Å². The van der Waals surface area contributed by atoms with Gasteiger partial charge in [-0.3, -0.25) is 4.79 Å². The lowest BCUT2D eigenvalue weighted by Gasteiger charge is -2.13. The monoisotopic (exact) mass is 398 g/mol. The van der Waals surface area contributed by atoms with Gasteiger partial charge < -0.3 is 13.9 Å². The summed E-state index contributed by atoms with van der Waals surface area (Å²) in [6.45, 7) is 2.17. The Morgan fingerprint density at radius 2 is 2.00 bits per heavy atom. The number of hydrogen-bond donors (Lipinski definition) is 0. The van der Waals surface area contributed by atoms with Gasteiger partial charge in [0, 0.05) is 17.2 Å². The zero-order chi connectivity index (χ0) is 20.5. The van der Waals surface area contributed by atoms with Crippen LogP contribution in [0.5, 0.6) is 11.5 Å². The first-order valence-electron chi connectivity index (χ1n) is 9.38. The summed E-state index contributed by atoms with van der Waals surface area (Å²) in [7, 11) is 1.57. The summed E-state index contributed by atoms with van der Waals surface area (Å²) >= 11 is 0. The molecule has 29 heavy (non-hydrogen) atoms. The Labute approximate surface area is 166 Å². The van der Waals surface area contributed by atoms with E-state index in [4.69, 9.17) is 13.9 Å². The van der Waals surface area contributed by atoms with Gasteiger partial charge in [0.05, 0.1) is 19.1 Å². The molecule has 0 aliphatic heterocycles. The molecule has 150 valence electrons. The van der Waals surface area contributed by atoms with E-state index in [0.717, 1.165) is 24.5 Å². The van der Waals surface area contributed by atoms with Gasteiger partial charge in [0.2, 0.25) is 0 Å². The van der Waals surface area contributed by atoms with Crippen LogP contribution in [0.25, 0.3) is 23.1 Å². The number of fused-ring (bicyclic) bond motifs is 1. The van der Waals surface area contributed by atoms with Crippen LogP contribution in [0.15, 0.2) is 39.5 Å². The predicted octanol–water partition coefficient (Wildman–Crippen LogP) is 5.35. The number of para-hydroxylation sites is 1. The minimum absolute atomic E-state index is 0.119. The lowest BCUT2D eigenvalue weighted by Crippen LogP contribution is -2.08. The number of halogens is 2. The van der Waals surface area contributed by atoms with E-state index in [0.29, 0.717) is 30.1 Å². The normalized spacial score (nSPS) is 13.9. The first-order valence-corrected chi connectivity index (χ1v) is 9.38. The number of benzene rings is 2. The van der Waals surface area contributed by atoms with Crippen molar-refractivity contribution < 1.29 is 22.7 Å². The molecule has 0 radical (unpaired) electrons. The second kappa shape index (κ2) is 7.70. The van der Waals surface area contributed by atoms with Crippen LogP contribution >= 0.6 is 0 Å². The fourth-order valence-corrected chi connectivity index (χ4v) is 3.12. The van der Waals surface area contributed by atoms with Crippen LogP contribution in [-0.4, -0.2) is 13.7 Å². The summed E-state index contributed by atoms with van der Waals surface area (Å²) < 4.78 is 44.5. The van der Waals surface area contributed by atoms with Gasteiger partial charge in [0.15, 0.2) is 28.3 Å². The molecule has 4 nitrogen and oxygen atoms in total. The highest BCUT2D eigenvalue weighted by molar-refractivity contribution is 5.81. The molecular weight excluding hydrogens is 378 g/mol. The topological polar surface area (TPSA) is 48.7 Å². The van der Waals surface area contributed by atoms with Crippen LogP contribution in [0.4, 0.5) is 8.78 Å². The van der Waals surface area contributed by atoms with E-state index in [-0.39, 0.29) is 22.3 Å². The lowest BCUT2D eigenvalue weighted by molar-refractivity contribution is 0.280. The molecule has 0 saturated heterocycles. The average Bonchev–Trinajstić information content (AvgIpc) is 3.53. The summed E-state index contributed by atoms with van der Waals surface area (Å²) in [6, 6.07) is 7.17. The van der Waals surface area contributed by atoms with E-state index >= 15 is 0 Å². The molecule has 0 bridgehead atoms. The van der Waals surface area contributed by atoms with E-state index in [9.17, 15) is 13.6 Å². The Balaban J connectivity index is 1.75. The highest BCUT2D eigenvalue weighted by Gasteiger charge is 2.23. The highest BCUT2D eigenvalue weighted by atomic mass is 19.1. The maximum atomic E-state index is 14.1. The summed E-state index contributed by atoms with van der Waals surface area (Å²) in [5.41, 5.74) is 0.270.